The average Bonchev–Trinajstić information content (AvgIpc) is 3.26. The fourth-order valence-corrected chi connectivity index (χ4v) is 5.84. The van der Waals surface area contributed by atoms with Gasteiger partial charge in [0.25, 0.3) is 5.91 Å². The van der Waals surface area contributed by atoms with Gasteiger partial charge in [0, 0.05) is 37.9 Å². The Morgan fingerprint density at radius 2 is 1.63 bits per heavy atom. The third kappa shape index (κ3) is 3.31. The van der Waals surface area contributed by atoms with Crippen molar-refractivity contribution in [3.05, 3.63) is 35.4 Å². The molecule has 4 aliphatic rings. The van der Waals surface area contributed by atoms with Crippen LogP contribution in [0.25, 0.3) is 0 Å². The van der Waals surface area contributed by atoms with Crippen LogP contribution in [-0.4, -0.2) is 46.5 Å². The van der Waals surface area contributed by atoms with Crippen LogP contribution in [0, 0.1) is 17.6 Å². The smallest absolute Gasteiger partial charge is 0.257 e. The van der Waals surface area contributed by atoms with Gasteiger partial charge in [0.05, 0.1) is 6.04 Å². The third-order valence-corrected chi connectivity index (χ3v) is 7.43. The number of likely N-dealkylation sites (tertiary alicyclic amines) is 1. The van der Waals surface area contributed by atoms with E-state index >= 15 is 0 Å². The van der Waals surface area contributed by atoms with Crippen LogP contribution in [0.1, 0.15) is 69.4 Å². The summed E-state index contributed by atoms with van der Waals surface area (Å²) in [4.78, 5) is 29.9. The minimum atomic E-state index is -0.904. The number of amides is 2. The van der Waals surface area contributed by atoms with Gasteiger partial charge in [-0.05, 0) is 43.4 Å². The van der Waals surface area contributed by atoms with E-state index < -0.39 is 17.2 Å². The second kappa shape index (κ2) is 7.59. The number of ether oxygens (including phenoxy) is 1. The Hall–Kier alpha value is -2.02. The van der Waals surface area contributed by atoms with E-state index in [9.17, 15) is 18.4 Å². The van der Waals surface area contributed by atoms with E-state index in [0.29, 0.717) is 44.3 Å². The number of fused-ring (bicyclic) bond motifs is 1. The number of benzene rings is 1. The molecule has 2 unspecified atom stereocenters. The Morgan fingerprint density at radius 1 is 0.967 bits per heavy atom. The molecule has 0 aromatic heterocycles. The first-order valence-corrected chi connectivity index (χ1v) is 11.2. The van der Waals surface area contributed by atoms with Gasteiger partial charge in [-0.3, -0.25) is 9.59 Å². The van der Waals surface area contributed by atoms with Crippen LogP contribution in [0.15, 0.2) is 18.2 Å². The van der Waals surface area contributed by atoms with Gasteiger partial charge < -0.3 is 14.5 Å². The van der Waals surface area contributed by atoms with Gasteiger partial charge in [-0.15, -0.1) is 0 Å². The first-order chi connectivity index (χ1) is 14.5. The molecule has 0 radical (unpaired) electrons. The summed E-state index contributed by atoms with van der Waals surface area (Å²) in [5.41, 5.74) is -0.424. The highest BCUT2D eigenvalue weighted by atomic mass is 19.1. The molecule has 30 heavy (non-hydrogen) atoms. The van der Waals surface area contributed by atoms with Crippen molar-refractivity contribution in [1.82, 2.24) is 9.80 Å². The summed E-state index contributed by atoms with van der Waals surface area (Å²) < 4.78 is 33.7. The number of hydrogen-bond donors (Lipinski definition) is 0. The lowest BCUT2D eigenvalue weighted by Gasteiger charge is -2.39. The van der Waals surface area contributed by atoms with Crippen molar-refractivity contribution in [1.29, 1.82) is 0 Å². The lowest BCUT2D eigenvalue weighted by molar-refractivity contribution is -0.150. The summed E-state index contributed by atoms with van der Waals surface area (Å²) in [6.07, 6.45) is 7.29. The lowest BCUT2D eigenvalue weighted by atomic mass is 9.85. The van der Waals surface area contributed by atoms with Crippen molar-refractivity contribution in [3.8, 4) is 0 Å². The summed E-state index contributed by atoms with van der Waals surface area (Å²) >= 11 is 0. The molecule has 5 rings (SSSR count). The molecule has 2 amide bonds. The minimum Gasteiger partial charge on any atom is -0.342 e. The quantitative estimate of drug-likeness (QED) is 0.731. The minimum absolute atomic E-state index is 0.0931. The summed E-state index contributed by atoms with van der Waals surface area (Å²) in [7, 11) is 0. The van der Waals surface area contributed by atoms with E-state index in [0.717, 1.165) is 31.7 Å². The van der Waals surface area contributed by atoms with Gasteiger partial charge in [-0.1, -0.05) is 19.3 Å². The van der Waals surface area contributed by atoms with Crippen LogP contribution in [0.2, 0.25) is 0 Å². The summed E-state index contributed by atoms with van der Waals surface area (Å²) in [6, 6.07) is 3.09. The van der Waals surface area contributed by atoms with Crippen LogP contribution in [0.5, 0.6) is 0 Å². The molecule has 4 fully saturated rings. The SMILES string of the molecule is O=C(C1CCCCC1)N1CCC2(CC1)OC1CCC(c3cc(F)cc(F)c3)N1C2=O. The predicted molar refractivity (Wildman–Crippen MR) is 105 cm³/mol. The van der Waals surface area contributed by atoms with Gasteiger partial charge >= 0.3 is 0 Å². The molecule has 1 aliphatic carbocycles. The molecule has 7 heteroatoms. The molecule has 1 aromatic carbocycles. The number of rotatable bonds is 2. The van der Waals surface area contributed by atoms with E-state index in [2.05, 4.69) is 0 Å². The van der Waals surface area contributed by atoms with Gasteiger partial charge in [0.15, 0.2) is 5.60 Å². The zero-order valence-corrected chi connectivity index (χ0v) is 17.1. The number of halogens is 2. The van der Waals surface area contributed by atoms with E-state index in [1.54, 1.807) is 4.90 Å². The number of nitrogens with zero attached hydrogens (tertiary/aromatic N) is 2. The van der Waals surface area contributed by atoms with Crippen LogP contribution in [-0.2, 0) is 14.3 Å². The van der Waals surface area contributed by atoms with Gasteiger partial charge in [0.1, 0.15) is 17.9 Å². The molecule has 1 saturated carbocycles. The van der Waals surface area contributed by atoms with Crippen LogP contribution in [0.3, 0.4) is 0 Å². The monoisotopic (exact) mass is 418 g/mol. The lowest BCUT2D eigenvalue weighted by Crippen LogP contribution is -2.52. The topological polar surface area (TPSA) is 49.9 Å². The zero-order valence-electron chi connectivity index (χ0n) is 17.1. The molecule has 0 bridgehead atoms. The third-order valence-electron chi connectivity index (χ3n) is 7.43. The second-order valence-corrected chi connectivity index (χ2v) is 9.24. The predicted octanol–water partition coefficient (Wildman–Crippen LogP) is 3.93. The Labute approximate surface area is 175 Å². The van der Waals surface area contributed by atoms with Crippen molar-refractivity contribution in [3.63, 3.8) is 0 Å². The summed E-state index contributed by atoms with van der Waals surface area (Å²) in [5.74, 6) is -1.01. The number of carbonyl (C=O) groups excluding carboxylic acids is 2. The van der Waals surface area contributed by atoms with E-state index in [1.165, 1.54) is 18.6 Å². The van der Waals surface area contributed by atoms with Crippen LogP contribution in [0.4, 0.5) is 8.78 Å². The van der Waals surface area contributed by atoms with Crippen molar-refractivity contribution in [2.24, 2.45) is 5.92 Å². The molecule has 0 N–H and O–H groups in total. The Balaban J connectivity index is 1.28. The Bertz CT molecular complexity index is 827. The fraction of sp³-hybridized carbons (Fsp3) is 0.652. The molecule has 3 heterocycles. The maximum absolute atomic E-state index is 13.7. The van der Waals surface area contributed by atoms with E-state index in [1.807, 2.05) is 4.90 Å². The molecule has 5 nitrogen and oxygen atoms in total. The number of piperidine rings is 1. The standard InChI is InChI=1S/C23H28F2N2O3/c24-17-12-16(13-18(25)14-17)19-6-7-20-27(19)22(29)23(30-20)8-10-26(11-9-23)21(28)15-4-2-1-3-5-15/h12-15,19-20H,1-11H2. The van der Waals surface area contributed by atoms with E-state index in [-0.39, 0.29) is 30.0 Å². The van der Waals surface area contributed by atoms with Crippen molar-refractivity contribution < 1.29 is 23.1 Å². The van der Waals surface area contributed by atoms with Crippen molar-refractivity contribution >= 4 is 11.8 Å². The Kier molecular flexibility index (Phi) is 5.04. The maximum atomic E-state index is 13.7. The van der Waals surface area contributed by atoms with Crippen molar-refractivity contribution in [2.45, 2.75) is 75.7 Å². The Morgan fingerprint density at radius 3 is 2.30 bits per heavy atom. The number of carbonyl (C=O) groups is 2. The zero-order chi connectivity index (χ0) is 20.9. The molecule has 3 aliphatic heterocycles. The summed E-state index contributed by atoms with van der Waals surface area (Å²) in [6.45, 7) is 1.06. The van der Waals surface area contributed by atoms with E-state index in [4.69, 9.17) is 4.74 Å². The molecule has 1 spiro atoms. The first kappa shape index (κ1) is 19.9. The van der Waals surface area contributed by atoms with Gasteiger partial charge in [-0.2, -0.15) is 0 Å². The number of hydrogen-bond acceptors (Lipinski definition) is 3. The molecule has 162 valence electrons. The van der Waals surface area contributed by atoms with Crippen LogP contribution >= 0.6 is 0 Å². The molecular weight excluding hydrogens is 390 g/mol. The largest absolute Gasteiger partial charge is 0.342 e. The summed E-state index contributed by atoms with van der Waals surface area (Å²) in [5, 5.41) is 0. The second-order valence-electron chi connectivity index (χ2n) is 9.24. The molecule has 3 saturated heterocycles. The first-order valence-electron chi connectivity index (χ1n) is 11.2. The molecule has 1 aromatic rings. The normalized spacial score (nSPS) is 28.9. The van der Waals surface area contributed by atoms with Crippen LogP contribution < -0.4 is 0 Å². The van der Waals surface area contributed by atoms with Gasteiger partial charge in [-0.25, -0.2) is 8.78 Å². The van der Waals surface area contributed by atoms with Gasteiger partial charge in [0.2, 0.25) is 5.91 Å². The highest BCUT2D eigenvalue weighted by molar-refractivity contribution is 5.88. The molecule has 2 atom stereocenters. The average molecular weight is 418 g/mol. The highest BCUT2D eigenvalue weighted by Gasteiger charge is 2.58. The fourth-order valence-electron chi connectivity index (χ4n) is 5.84. The molecular formula is C23H28F2N2O3. The maximum Gasteiger partial charge on any atom is 0.257 e. The van der Waals surface area contributed by atoms with Crippen molar-refractivity contribution in [2.75, 3.05) is 13.1 Å². The highest BCUT2D eigenvalue weighted by Crippen LogP contribution is 2.48.